The van der Waals surface area contributed by atoms with Crippen molar-refractivity contribution in [1.82, 2.24) is 4.90 Å². The van der Waals surface area contributed by atoms with Crippen LogP contribution in [0.1, 0.15) is 17.3 Å². The molecule has 0 spiro atoms. The van der Waals surface area contributed by atoms with Crippen LogP contribution >= 0.6 is 27.5 Å². The van der Waals surface area contributed by atoms with E-state index in [-0.39, 0.29) is 11.8 Å². The molecular formula is C13H13BrClNO3. The van der Waals surface area contributed by atoms with Crippen LogP contribution in [0.4, 0.5) is 0 Å². The van der Waals surface area contributed by atoms with Gasteiger partial charge in [0.1, 0.15) is 0 Å². The molecule has 102 valence electrons. The number of hydrogen-bond donors (Lipinski definition) is 1. The maximum Gasteiger partial charge on any atom is 0.306 e. The molecule has 0 saturated carbocycles. The molecule has 6 heteroatoms. The van der Waals surface area contributed by atoms with Gasteiger partial charge in [0.25, 0.3) is 5.91 Å². The number of likely N-dealkylation sites (tertiary alicyclic amines) is 1. The van der Waals surface area contributed by atoms with Crippen molar-refractivity contribution in [3.63, 3.8) is 0 Å². The molecule has 0 bridgehead atoms. The van der Waals surface area contributed by atoms with E-state index >= 15 is 0 Å². The predicted octanol–water partition coefficient (Wildman–Crippen LogP) is 2.90. The number of benzene rings is 1. The Morgan fingerprint density at radius 3 is 2.63 bits per heavy atom. The number of nitrogens with zero attached hydrogens (tertiary/aromatic N) is 1. The van der Waals surface area contributed by atoms with Gasteiger partial charge in [-0.05, 0) is 34.1 Å². The van der Waals surface area contributed by atoms with Gasteiger partial charge in [-0.1, -0.05) is 18.5 Å². The van der Waals surface area contributed by atoms with Crippen molar-refractivity contribution in [1.29, 1.82) is 0 Å². The molecule has 1 aromatic rings. The molecule has 1 unspecified atom stereocenters. The van der Waals surface area contributed by atoms with Crippen molar-refractivity contribution in [2.24, 2.45) is 11.8 Å². The van der Waals surface area contributed by atoms with Gasteiger partial charge in [0.2, 0.25) is 0 Å². The van der Waals surface area contributed by atoms with E-state index in [9.17, 15) is 9.59 Å². The molecule has 19 heavy (non-hydrogen) atoms. The number of aliphatic carboxylic acids is 1. The number of amides is 1. The van der Waals surface area contributed by atoms with Crippen LogP contribution in [0, 0.1) is 11.8 Å². The molecule has 1 N–H and O–H groups in total. The first kappa shape index (κ1) is 14.3. The lowest BCUT2D eigenvalue weighted by Crippen LogP contribution is -2.53. The number of hydrogen-bond acceptors (Lipinski definition) is 2. The highest BCUT2D eigenvalue weighted by molar-refractivity contribution is 9.10. The molecule has 1 aliphatic rings. The van der Waals surface area contributed by atoms with Gasteiger partial charge in [0, 0.05) is 28.5 Å². The molecule has 1 heterocycles. The summed E-state index contributed by atoms with van der Waals surface area (Å²) in [6, 6.07) is 5.01. The van der Waals surface area contributed by atoms with Gasteiger partial charge in [0.15, 0.2) is 0 Å². The number of rotatable bonds is 3. The number of carboxylic acid groups (broad SMARTS) is 1. The lowest BCUT2D eigenvalue weighted by Gasteiger charge is -2.41. The maximum absolute atomic E-state index is 12.2. The van der Waals surface area contributed by atoms with E-state index in [1.807, 2.05) is 0 Å². The first-order valence-electron chi connectivity index (χ1n) is 5.87. The first-order chi connectivity index (χ1) is 8.90. The van der Waals surface area contributed by atoms with Gasteiger partial charge in [0.05, 0.1) is 11.5 Å². The monoisotopic (exact) mass is 345 g/mol. The molecule has 0 aromatic heterocycles. The van der Waals surface area contributed by atoms with Gasteiger partial charge in [-0.25, -0.2) is 0 Å². The number of halogens is 2. The molecule has 2 rings (SSSR count). The van der Waals surface area contributed by atoms with Gasteiger partial charge < -0.3 is 10.0 Å². The topological polar surface area (TPSA) is 57.6 Å². The molecule has 1 amide bonds. The number of carbonyl (C=O) groups excluding carboxylic acids is 1. The van der Waals surface area contributed by atoms with E-state index in [0.717, 1.165) is 0 Å². The van der Waals surface area contributed by atoms with Crippen molar-refractivity contribution in [3.8, 4) is 0 Å². The highest BCUT2D eigenvalue weighted by Crippen LogP contribution is 2.28. The Bertz CT molecular complexity index is 529. The van der Waals surface area contributed by atoms with E-state index in [1.165, 1.54) is 0 Å². The predicted molar refractivity (Wildman–Crippen MR) is 75.3 cm³/mol. The molecule has 1 atom stereocenters. The highest BCUT2D eigenvalue weighted by atomic mass is 79.9. The van der Waals surface area contributed by atoms with Crippen molar-refractivity contribution in [2.45, 2.75) is 6.92 Å². The Kier molecular flexibility index (Phi) is 4.16. The van der Waals surface area contributed by atoms with E-state index in [0.29, 0.717) is 28.1 Å². The molecular weight excluding hydrogens is 334 g/mol. The third kappa shape index (κ3) is 2.92. The van der Waals surface area contributed by atoms with Crippen LogP contribution in [0.25, 0.3) is 0 Å². The Hall–Kier alpha value is -1.07. The largest absolute Gasteiger partial charge is 0.481 e. The molecule has 0 aliphatic carbocycles. The summed E-state index contributed by atoms with van der Waals surface area (Å²) >= 11 is 9.14. The fraction of sp³-hybridized carbons (Fsp3) is 0.385. The minimum atomic E-state index is -0.815. The molecule has 0 radical (unpaired) electrons. The Morgan fingerprint density at radius 1 is 1.47 bits per heavy atom. The molecule has 1 saturated heterocycles. The summed E-state index contributed by atoms with van der Waals surface area (Å²) in [5.74, 6) is -1.30. The Morgan fingerprint density at radius 2 is 2.11 bits per heavy atom. The minimum Gasteiger partial charge on any atom is -0.481 e. The summed E-state index contributed by atoms with van der Waals surface area (Å²) < 4.78 is 0.653. The van der Waals surface area contributed by atoms with E-state index in [4.69, 9.17) is 16.7 Å². The Labute approximate surface area is 124 Å². The van der Waals surface area contributed by atoms with E-state index in [2.05, 4.69) is 15.9 Å². The highest BCUT2D eigenvalue weighted by Gasteiger charge is 2.37. The zero-order valence-electron chi connectivity index (χ0n) is 10.3. The summed E-state index contributed by atoms with van der Waals surface area (Å²) in [6.07, 6.45) is 0. The third-order valence-corrected chi connectivity index (χ3v) is 4.35. The van der Waals surface area contributed by atoms with Crippen LogP contribution in [-0.4, -0.2) is 35.0 Å². The maximum atomic E-state index is 12.2. The zero-order chi connectivity index (χ0) is 14.2. The molecule has 1 aliphatic heterocycles. The molecule has 4 nitrogen and oxygen atoms in total. The normalized spacial score (nSPS) is 16.9. The van der Waals surface area contributed by atoms with E-state index in [1.54, 1.807) is 30.0 Å². The van der Waals surface area contributed by atoms with E-state index < -0.39 is 11.9 Å². The summed E-state index contributed by atoms with van der Waals surface area (Å²) in [4.78, 5) is 24.7. The molecule has 1 fully saturated rings. The van der Waals surface area contributed by atoms with Gasteiger partial charge in [-0.2, -0.15) is 0 Å². The van der Waals surface area contributed by atoms with Crippen LogP contribution in [0.3, 0.4) is 0 Å². The van der Waals surface area contributed by atoms with Crippen molar-refractivity contribution in [2.75, 3.05) is 13.1 Å². The second kappa shape index (κ2) is 5.51. The quantitative estimate of drug-likeness (QED) is 0.915. The second-order valence-electron chi connectivity index (χ2n) is 4.72. The minimum absolute atomic E-state index is 0.0347. The number of carboxylic acids is 1. The fourth-order valence-corrected chi connectivity index (χ4v) is 2.88. The van der Waals surface area contributed by atoms with Crippen LogP contribution in [0.15, 0.2) is 22.7 Å². The Balaban J connectivity index is 2.02. The van der Waals surface area contributed by atoms with Crippen molar-refractivity contribution >= 4 is 39.4 Å². The van der Waals surface area contributed by atoms with Crippen molar-refractivity contribution in [3.05, 3.63) is 33.3 Å². The standard InChI is InChI=1S/C13H13BrClNO3/c1-7(13(18)19)8-5-16(6-8)12(17)10-3-2-9(15)4-11(10)14/h2-4,7-8H,5-6H2,1H3,(H,18,19). The smallest absolute Gasteiger partial charge is 0.306 e. The fourth-order valence-electron chi connectivity index (χ4n) is 2.03. The van der Waals surface area contributed by atoms with Crippen molar-refractivity contribution < 1.29 is 14.7 Å². The van der Waals surface area contributed by atoms with Gasteiger partial charge in [-0.15, -0.1) is 0 Å². The van der Waals surface area contributed by atoms with Gasteiger partial charge >= 0.3 is 5.97 Å². The summed E-state index contributed by atoms with van der Waals surface area (Å²) in [7, 11) is 0. The van der Waals surface area contributed by atoms with Crippen LogP contribution in [0.2, 0.25) is 5.02 Å². The van der Waals surface area contributed by atoms with Crippen LogP contribution < -0.4 is 0 Å². The van der Waals surface area contributed by atoms with Crippen LogP contribution in [0.5, 0.6) is 0 Å². The second-order valence-corrected chi connectivity index (χ2v) is 6.01. The summed E-state index contributed by atoms with van der Waals surface area (Å²) in [6.45, 7) is 2.65. The lowest BCUT2D eigenvalue weighted by atomic mass is 9.86. The first-order valence-corrected chi connectivity index (χ1v) is 7.04. The number of carbonyl (C=O) groups is 2. The molecule has 1 aromatic carbocycles. The zero-order valence-corrected chi connectivity index (χ0v) is 12.6. The lowest BCUT2D eigenvalue weighted by molar-refractivity contribution is -0.144. The van der Waals surface area contributed by atoms with Gasteiger partial charge in [-0.3, -0.25) is 9.59 Å². The average Bonchev–Trinajstić information content (AvgIpc) is 2.26. The summed E-state index contributed by atoms with van der Waals surface area (Å²) in [5.41, 5.74) is 0.547. The van der Waals surface area contributed by atoms with Crippen LogP contribution in [-0.2, 0) is 4.79 Å². The third-order valence-electron chi connectivity index (χ3n) is 3.46. The summed E-state index contributed by atoms with van der Waals surface area (Å²) in [5, 5.41) is 9.47. The SMILES string of the molecule is CC(C(=O)O)C1CN(C(=O)c2ccc(Cl)cc2Br)C1. The average molecular weight is 347 g/mol.